The van der Waals surface area contributed by atoms with Gasteiger partial charge in [0.2, 0.25) is 0 Å². The molecule has 6 radical (unpaired) electrons. The fourth-order valence-corrected chi connectivity index (χ4v) is 3.66. The molecule has 0 saturated heterocycles. The van der Waals surface area contributed by atoms with Crippen molar-refractivity contribution in [3.8, 4) is 0 Å². The Kier molecular flexibility index (Phi) is 56.0. The second-order valence-corrected chi connectivity index (χ2v) is 9.45. The van der Waals surface area contributed by atoms with E-state index in [1.165, 1.54) is 141 Å². The van der Waals surface area contributed by atoms with Crippen LogP contribution < -0.4 is 0 Å². The molecular weight excluding hydrogens is 411 g/mol. The Morgan fingerprint density at radius 2 is 0.667 bits per heavy atom. The lowest BCUT2D eigenvalue weighted by Gasteiger charge is -1.99. The molecule has 0 aliphatic rings. The summed E-state index contributed by atoms with van der Waals surface area (Å²) < 4.78 is 0. The summed E-state index contributed by atoms with van der Waals surface area (Å²) in [6, 6.07) is 0. The first-order chi connectivity index (χ1) is 15.7. The second-order valence-electron chi connectivity index (χ2n) is 9.45. The molecule has 0 nitrogen and oxygen atoms in total. The van der Waals surface area contributed by atoms with Crippen molar-refractivity contribution in [2.75, 3.05) is 0 Å². The molecule has 0 aromatic heterocycles. The Labute approximate surface area is 224 Å². The molecule has 196 valence electrons. The van der Waals surface area contributed by atoms with Crippen molar-refractivity contribution in [1.29, 1.82) is 0 Å². The summed E-state index contributed by atoms with van der Waals surface area (Å²) in [6.07, 6.45) is 35.8. The van der Waals surface area contributed by atoms with Gasteiger partial charge >= 0.3 is 0 Å². The van der Waals surface area contributed by atoms with Crippen molar-refractivity contribution in [2.24, 2.45) is 0 Å². The molecule has 0 aliphatic carbocycles. The maximum atomic E-state index is 5.28. The van der Waals surface area contributed by atoms with Crippen molar-refractivity contribution in [3.05, 3.63) is 26.5 Å². The Hall–Kier alpha value is 0.272. The van der Waals surface area contributed by atoms with Crippen LogP contribution in [0.4, 0.5) is 0 Å². The summed E-state index contributed by atoms with van der Waals surface area (Å²) in [5.41, 5.74) is 0. The van der Waals surface area contributed by atoms with Gasteiger partial charge in [0.05, 0.1) is 0 Å². The van der Waals surface area contributed by atoms with E-state index >= 15 is 0 Å². The minimum Gasteiger partial charge on any atom is -0.0845 e. The fourth-order valence-electron chi connectivity index (χ4n) is 3.66. The third-order valence-corrected chi connectivity index (χ3v) is 5.93. The first kappa shape index (κ1) is 40.4. The van der Waals surface area contributed by atoms with Gasteiger partial charge in [0.1, 0.15) is 0 Å². The zero-order valence-electron chi connectivity index (χ0n) is 23.8. The van der Waals surface area contributed by atoms with Crippen molar-refractivity contribution in [2.45, 2.75) is 181 Å². The summed E-state index contributed by atoms with van der Waals surface area (Å²) in [6.45, 7) is 19.7. The largest absolute Gasteiger partial charge is 0.0845 e. The van der Waals surface area contributed by atoms with Crippen LogP contribution in [-0.4, -0.2) is 17.4 Å². The van der Waals surface area contributed by atoms with Crippen LogP contribution >= 0.6 is 0 Å². The Morgan fingerprint density at radius 3 is 0.909 bits per heavy atom. The molecule has 1 heteroatoms. The van der Waals surface area contributed by atoms with Gasteiger partial charge in [-0.1, -0.05) is 195 Å². The van der Waals surface area contributed by atoms with E-state index in [0.29, 0.717) is 0 Å². The number of rotatable bonds is 23. The molecule has 0 amide bonds. The maximum absolute atomic E-state index is 5.28. The number of allylic oxidation sites excluding steroid dienone is 1. The maximum Gasteiger partial charge on any atom is 0 e. The third kappa shape index (κ3) is 54.6. The van der Waals surface area contributed by atoms with Gasteiger partial charge < -0.3 is 0 Å². The monoisotopic (exact) mass is 476 g/mol. The third-order valence-electron chi connectivity index (χ3n) is 5.93. The van der Waals surface area contributed by atoms with Crippen molar-refractivity contribution in [3.63, 3.8) is 0 Å². The predicted molar refractivity (Wildman–Crippen MR) is 158 cm³/mol. The summed E-state index contributed by atoms with van der Waals surface area (Å²) in [7, 11) is 0. The van der Waals surface area contributed by atoms with Crippen molar-refractivity contribution < 1.29 is 0 Å². The Balaban J connectivity index is -0.000000189. The molecule has 0 aromatic rings. The number of hydrogen-bond donors (Lipinski definition) is 0. The van der Waals surface area contributed by atoms with E-state index in [-0.39, 0.29) is 17.4 Å². The van der Waals surface area contributed by atoms with Crippen molar-refractivity contribution in [1.82, 2.24) is 0 Å². The van der Waals surface area contributed by atoms with Crippen LogP contribution in [0, 0.1) is 20.4 Å². The quantitative estimate of drug-likeness (QED) is 0.102. The zero-order chi connectivity index (χ0) is 24.4. The average molecular weight is 477 g/mol. The molecule has 0 spiro atoms. The highest BCUT2D eigenvalue weighted by Gasteiger charge is 1.90. The lowest BCUT2D eigenvalue weighted by atomic mass is 10.1. The minimum absolute atomic E-state index is 0. The lowest BCUT2D eigenvalue weighted by Crippen LogP contribution is -1.79. The first-order valence-electron chi connectivity index (χ1n) is 14.9. The Morgan fingerprint density at radius 1 is 0.424 bits per heavy atom. The molecule has 0 rings (SSSR count). The zero-order valence-corrected chi connectivity index (χ0v) is 25.0. The van der Waals surface area contributed by atoms with E-state index in [1.54, 1.807) is 6.08 Å². The highest BCUT2D eigenvalue weighted by atomic mass is 27.0. The van der Waals surface area contributed by atoms with Gasteiger partial charge in [-0.15, -0.1) is 0 Å². The van der Waals surface area contributed by atoms with E-state index < -0.39 is 0 Å². The highest BCUT2D eigenvalue weighted by molar-refractivity contribution is 5.75. The second kappa shape index (κ2) is 45.7. The van der Waals surface area contributed by atoms with Crippen molar-refractivity contribution >= 4 is 17.4 Å². The van der Waals surface area contributed by atoms with Crippen LogP contribution in [0.15, 0.2) is 6.08 Å². The van der Waals surface area contributed by atoms with Crippen LogP contribution in [0.2, 0.25) is 0 Å². The summed E-state index contributed by atoms with van der Waals surface area (Å²) >= 11 is 0. The standard InChI is InChI=1S/C12H23.2C10H21.Al/c1-3-5-7-9-11-12-10-8-6-4-2;2*1-3-5-7-9-10-8-6-4-2;/h1,3H,4-12H2,2H3;2*1,3-10H2,2H3;. The molecule has 0 saturated carbocycles. The summed E-state index contributed by atoms with van der Waals surface area (Å²) in [5, 5.41) is 0. The van der Waals surface area contributed by atoms with Gasteiger partial charge in [-0.05, 0) is 12.8 Å². The molecule has 0 aliphatic heterocycles. The molecule has 0 unspecified atom stereocenters. The Bertz CT molecular complexity index is 242. The van der Waals surface area contributed by atoms with Gasteiger partial charge in [0, 0.05) is 17.4 Å². The van der Waals surface area contributed by atoms with E-state index in [4.69, 9.17) is 6.58 Å². The van der Waals surface area contributed by atoms with Crippen LogP contribution in [-0.2, 0) is 0 Å². The lowest BCUT2D eigenvalue weighted by molar-refractivity contribution is 0.577. The summed E-state index contributed by atoms with van der Waals surface area (Å²) in [4.78, 5) is 0. The van der Waals surface area contributed by atoms with Crippen LogP contribution in [0.25, 0.3) is 0 Å². The normalized spacial score (nSPS) is 9.85. The fraction of sp³-hybridized carbons (Fsp3) is 0.875. The minimum atomic E-state index is 0. The molecule has 0 fully saturated rings. The molecule has 0 aromatic carbocycles. The highest BCUT2D eigenvalue weighted by Crippen LogP contribution is 2.10. The molecule has 0 bridgehead atoms. The van der Waals surface area contributed by atoms with Crippen LogP contribution in [0.1, 0.15) is 181 Å². The molecule has 0 heterocycles. The number of unbranched alkanes of at least 4 members (excludes halogenated alkanes) is 22. The van der Waals surface area contributed by atoms with Gasteiger partial charge in [0.15, 0.2) is 0 Å². The first-order valence-corrected chi connectivity index (χ1v) is 14.9. The molecule has 0 N–H and O–H groups in total. The van der Waals surface area contributed by atoms with E-state index in [0.717, 1.165) is 19.3 Å². The van der Waals surface area contributed by atoms with E-state index in [1.807, 2.05) is 0 Å². The molecule has 0 atom stereocenters. The molecule has 33 heavy (non-hydrogen) atoms. The van der Waals surface area contributed by atoms with E-state index in [2.05, 4.69) is 34.6 Å². The molecular formula is C32H65Al. The average Bonchev–Trinajstić information content (AvgIpc) is 2.81. The van der Waals surface area contributed by atoms with Gasteiger partial charge in [-0.2, -0.15) is 0 Å². The van der Waals surface area contributed by atoms with Gasteiger partial charge in [-0.25, -0.2) is 0 Å². The predicted octanol–water partition coefficient (Wildman–Crippen LogP) is 12.0. The summed E-state index contributed by atoms with van der Waals surface area (Å²) in [5.74, 6) is 0. The van der Waals surface area contributed by atoms with Gasteiger partial charge in [0.25, 0.3) is 0 Å². The number of hydrogen-bond acceptors (Lipinski definition) is 0. The SMILES string of the molecule is [Al].[CH2]CCCCCCCCC.[CH2]CCCCCCCCC.[CH]=CCCCCCCCCCC. The smallest absolute Gasteiger partial charge is 0 e. The topological polar surface area (TPSA) is 0 Å². The van der Waals surface area contributed by atoms with Crippen LogP contribution in [0.5, 0.6) is 0 Å². The van der Waals surface area contributed by atoms with E-state index in [9.17, 15) is 0 Å². The van der Waals surface area contributed by atoms with Gasteiger partial charge in [-0.3, -0.25) is 0 Å². The van der Waals surface area contributed by atoms with Crippen LogP contribution in [0.3, 0.4) is 0 Å².